The molecule has 0 aliphatic heterocycles. The molecule has 5 rings (SSSR count). The fourth-order valence-corrected chi connectivity index (χ4v) is 3.45. The van der Waals surface area contributed by atoms with Crippen LogP contribution in [-0.4, -0.2) is 36.9 Å². The Kier molecular flexibility index (Phi) is 4.36. The number of hydrogen-bond acceptors (Lipinski definition) is 4. The number of fused-ring (bicyclic) bond motifs is 2. The molecule has 148 valence electrons. The zero-order valence-corrected chi connectivity index (χ0v) is 16.3. The Morgan fingerprint density at radius 1 is 1.13 bits per heavy atom. The van der Waals surface area contributed by atoms with Crippen molar-refractivity contribution in [2.45, 2.75) is 6.92 Å². The number of amides is 2. The van der Waals surface area contributed by atoms with Gasteiger partial charge in [0.05, 0.1) is 11.2 Å². The van der Waals surface area contributed by atoms with Crippen LogP contribution >= 0.6 is 0 Å². The van der Waals surface area contributed by atoms with Gasteiger partial charge in [-0.1, -0.05) is 12.1 Å². The Morgan fingerprint density at radius 2 is 2.07 bits per heavy atom. The average Bonchev–Trinajstić information content (AvgIpc) is 3.37. The number of carbonyl (C=O) groups excluding carboxylic acids is 1. The van der Waals surface area contributed by atoms with Gasteiger partial charge in [-0.05, 0) is 42.8 Å². The molecule has 0 fully saturated rings. The third-order valence-corrected chi connectivity index (χ3v) is 4.79. The normalized spacial score (nSPS) is 11.1. The molecular formula is C22H19N7O. The summed E-state index contributed by atoms with van der Waals surface area (Å²) < 4.78 is 1.97. The van der Waals surface area contributed by atoms with Crippen molar-refractivity contribution in [3.8, 4) is 22.4 Å². The third kappa shape index (κ3) is 3.24. The van der Waals surface area contributed by atoms with E-state index in [1.807, 2.05) is 66.3 Å². The Balaban J connectivity index is 1.69. The van der Waals surface area contributed by atoms with Crippen LogP contribution < -0.4 is 10.6 Å². The van der Waals surface area contributed by atoms with Gasteiger partial charge in [0.15, 0.2) is 0 Å². The molecule has 0 radical (unpaired) electrons. The second-order valence-corrected chi connectivity index (χ2v) is 6.82. The summed E-state index contributed by atoms with van der Waals surface area (Å²) >= 11 is 0. The molecular weight excluding hydrogens is 378 g/mol. The minimum atomic E-state index is -0.307. The monoisotopic (exact) mass is 397 g/mol. The van der Waals surface area contributed by atoms with Crippen molar-refractivity contribution in [2.75, 3.05) is 11.9 Å². The van der Waals surface area contributed by atoms with Crippen molar-refractivity contribution in [1.82, 2.24) is 29.7 Å². The summed E-state index contributed by atoms with van der Waals surface area (Å²) in [5.74, 6) is 0.379. The lowest BCUT2D eigenvalue weighted by Crippen LogP contribution is -2.28. The lowest BCUT2D eigenvalue weighted by atomic mass is 10.0. The fourth-order valence-electron chi connectivity index (χ4n) is 3.45. The minimum absolute atomic E-state index is 0.307. The molecule has 2 amide bonds. The molecule has 0 atom stereocenters. The Labute approximate surface area is 172 Å². The number of nitrogens with one attached hydrogen (secondary N) is 3. The molecule has 0 bridgehead atoms. The number of hydrogen-bond donors (Lipinski definition) is 3. The van der Waals surface area contributed by atoms with E-state index >= 15 is 0 Å². The lowest BCUT2D eigenvalue weighted by molar-refractivity contribution is 0.252. The number of nitrogens with zero attached hydrogens (tertiary/aromatic N) is 4. The number of imidazole rings is 2. The Morgan fingerprint density at radius 3 is 2.87 bits per heavy atom. The summed E-state index contributed by atoms with van der Waals surface area (Å²) in [6, 6.07) is 13.5. The second kappa shape index (κ2) is 7.32. The topological polar surface area (TPSA) is 100 Å². The summed E-state index contributed by atoms with van der Waals surface area (Å²) in [6.07, 6.45) is 7.50. The van der Waals surface area contributed by atoms with Crippen LogP contribution in [0.1, 0.15) is 6.92 Å². The van der Waals surface area contributed by atoms with E-state index in [1.54, 1.807) is 6.20 Å². The first-order valence-electron chi connectivity index (χ1n) is 9.64. The molecule has 4 heterocycles. The molecule has 30 heavy (non-hydrogen) atoms. The number of urea groups is 1. The third-order valence-electron chi connectivity index (χ3n) is 4.79. The molecule has 0 aliphatic rings. The maximum atomic E-state index is 11.9. The molecule has 0 aliphatic carbocycles. The molecule has 1 aromatic carbocycles. The van der Waals surface area contributed by atoms with Gasteiger partial charge in [0.1, 0.15) is 11.2 Å². The van der Waals surface area contributed by atoms with Gasteiger partial charge in [-0.25, -0.2) is 14.8 Å². The van der Waals surface area contributed by atoms with Crippen molar-refractivity contribution in [3.05, 3.63) is 67.3 Å². The Bertz CT molecular complexity index is 1320. The van der Waals surface area contributed by atoms with E-state index in [4.69, 9.17) is 4.98 Å². The number of H-pyrrole nitrogens is 1. The highest BCUT2D eigenvalue weighted by molar-refractivity contribution is 5.98. The molecule has 3 N–H and O–H groups in total. The van der Waals surface area contributed by atoms with Crippen LogP contribution in [0.2, 0.25) is 0 Å². The molecule has 0 unspecified atom stereocenters. The second-order valence-electron chi connectivity index (χ2n) is 6.82. The highest BCUT2D eigenvalue weighted by Crippen LogP contribution is 2.33. The number of anilines is 1. The van der Waals surface area contributed by atoms with Crippen molar-refractivity contribution in [2.24, 2.45) is 0 Å². The molecule has 0 saturated heterocycles. The van der Waals surface area contributed by atoms with Crippen molar-refractivity contribution >= 4 is 28.7 Å². The SMILES string of the molecule is CCNC(=O)Nc1nc2c(-c3cn4ccccc4n3)cc(-c3cccnc3)cc2[nH]1. The molecule has 0 spiro atoms. The number of pyridine rings is 2. The molecule has 8 heteroatoms. The standard InChI is InChI=1S/C22H19N7O/c1-2-24-22(30)28-21-26-17-11-15(14-6-5-8-23-12-14)10-16(20(17)27-21)18-13-29-9-4-3-7-19(29)25-18/h3-13H,2H2,1H3,(H3,24,26,27,28,30). The van der Waals surface area contributed by atoms with E-state index in [-0.39, 0.29) is 6.03 Å². The first-order valence-corrected chi connectivity index (χ1v) is 9.64. The Hall–Kier alpha value is -4.20. The summed E-state index contributed by atoms with van der Waals surface area (Å²) in [5.41, 5.74) is 6.02. The van der Waals surface area contributed by atoms with Gasteiger partial charge in [0, 0.05) is 42.5 Å². The van der Waals surface area contributed by atoms with Gasteiger partial charge in [0.2, 0.25) is 5.95 Å². The van der Waals surface area contributed by atoms with Gasteiger partial charge < -0.3 is 14.7 Å². The van der Waals surface area contributed by atoms with Crippen LogP contribution in [0.25, 0.3) is 39.1 Å². The first-order chi connectivity index (χ1) is 14.7. The summed E-state index contributed by atoms with van der Waals surface area (Å²) in [6.45, 7) is 2.39. The molecule has 5 aromatic rings. The van der Waals surface area contributed by atoms with E-state index < -0.39 is 0 Å². The summed E-state index contributed by atoms with van der Waals surface area (Å²) in [4.78, 5) is 28.8. The van der Waals surface area contributed by atoms with E-state index in [2.05, 4.69) is 31.7 Å². The van der Waals surface area contributed by atoms with Crippen LogP contribution in [0.4, 0.5) is 10.7 Å². The van der Waals surface area contributed by atoms with Crippen LogP contribution in [0.5, 0.6) is 0 Å². The van der Waals surface area contributed by atoms with Gasteiger partial charge in [-0.2, -0.15) is 0 Å². The number of aromatic nitrogens is 5. The van der Waals surface area contributed by atoms with Crippen LogP contribution in [0, 0.1) is 0 Å². The van der Waals surface area contributed by atoms with Gasteiger partial charge in [-0.3, -0.25) is 10.3 Å². The molecule has 0 saturated carbocycles. The van der Waals surface area contributed by atoms with Gasteiger partial charge >= 0.3 is 6.03 Å². The number of benzene rings is 1. The zero-order chi connectivity index (χ0) is 20.5. The molecule has 4 aromatic heterocycles. The van der Waals surface area contributed by atoms with Crippen molar-refractivity contribution in [3.63, 3.8) is 0 Å². The number of aromatic amines is 1. The van der Waals surface area contributed by atoms with Crippen LogP contribution in [0.15, 0.2) is 67.3 Å². The maximum absolute atomic E-state index is 11.9. The van der Waals surface area contributed by atoms with E-state index in [9.17, 15) is 4.79 Å². The fraction of sp³-hybridized carbons (Fsp3) is 0.0909. The maximum Gasteiger partial charge on any atom is 0.321 e. The smallest absolute Gasteiger partial charge is 0.321 e. The highest BCUT2D eigenvalue weighted by atomic mass is 16.2. The summed E-state index contributed by atoms with van der Waals surface area (Å²) in [7, 11) is 0. The lowest BCUT2D eigenvalue weighted by Gasteiger charge is -2.05. The minimum Gasteiger partial charge on any atom is -0.338 e. The zero-order valence-electron chi connectivity index (χ0n) is 16.3. The van der Waals surface area contributed by atoms with Crippen molar-refractivity contribution in [1.29, 1.82) is 0 Å². The summed E-state index contributed by atoms with van der Waals surface area (Å²) in [5, 5.41) is 5.45. The number of carbonyl (C=O) groups is 1. The van der Waals surface area contributed by atoms with Gasteiger partial charge in [-0.15, -0.1) is 0 Å². The predicted molar refractivity (Wildman–Crippen MR) is 116 cm³/mol. The number of rotatable bonds is 4. The van der Waals surface area contributed by atoms with E-state index in [0.717, 1.165) is 39.1 Å². The highest BCUT2D eigenvalue weighted by Gasteiger charge is 2.16. The average molecular weight is 397 g/mol. The molecule has 8 nitrogen and oxygen atoms in total. The van der Waals surface area contributed by atoms with Crippen LogP contribution in [-0.2, 0) is 0 Å². The van der Waals surface area contributed by atoms with E-state index in [1.165, 1.54) is 0 Å². The van der Waals surface area contributed by atoms with Crippen LogP contribution in [0.3, 0.4) is 0 Å². The van der Waals surface area contributed by atoms with Gasteiger partial charge in [0.25, 0.3) is 0 Å². The quantitative estimate of drug-likeness (QED) is 0.425. The van der Waals surface area contributed by atoms with E-state index in [0.29, 0.717) is 12.5 Å². The van der Waals surface area contributed by atoms with Crippen molar-refractivity contribution < 1.29 is 4.79 Å². The largest absolute Gasteiger partial charge is 0.338 e. The predicted octanol–water partition coefficient (Wildman–Crippen LogP) is 4.08. The first kappa shape index (κ1) is 17.9.